The molecule has 2 aromatic heterocycles. The van der Waals surface area contributed by atoms with Gasteiger partial charge in [0.15, 0.2) is 0 Å². The van der Waals surface area contributed by atoms with E-state index in [-0.39, 0.29) is 34.9 Å². The molecule has 0 spiro atoms. The van der Waals surface area contributed by atoms with Crippen LogP contribution in [0.3, 0.4) is 0 Å². The molecule has 3 heterocycles. The minimum Gasteiger partial charge on any atom is -0.360 e. The summed E-state index contributed by atoms with van der Waals surface area (Å²) >= 11 is 0. The number of aromatic nitrogens is 3. The molecule has 5 rings (SSSR count). The van der Waals surface area contributed by atoms with Crippen molar-refractivity contribution in [2.75, 3.05) is 25.2 Å². The predicted octanol–water partition coefficient (Wildman–Crippen LogP) is 4.32. The second-order valence-electron chi connectivity index (χ2n) is 9.36. The number of anilines is 1. The van der Waals surface area contributed by atoms with Gasteiger partial charge >= 0.3 is 6.18 Å². The SMILES string of the molecule is CP(C)(=O)c1c(C#N)ccc2c(-c3nc(N[C@H]4CCC5CCN[C@@H]54)ncc3C(F)(F)F)c[nH]c12. The van der Waals surface area contributed by atoms with Crippen molar-refractivity contribution in [1.29, 1.82) is 5.26 Å². The zero-order chi connectivity index (χ0) is 24.3. The number of nitrogens with zero attached hydrogens (tertiary/aromatic N) is 3. The van der Waals surface area contributed by atoms with E-state index in [0.29, 0.717) is 22.1 Å². The van der Waals surface area contributed by atoms with Crippen molar-refractivity contribution in [2.45, 2.75) is 37.5 Å². The second-order valence-corrected chi connectivity index (χ2v) is 12.5. The van der Waals surface area contributed by atoms with Crippen LogP contribution in [0.4, 0.5) is 19.1 Å². The van der Waals surface area contributed by atoms with Crippen LogP contribution in [0.15, 0.2) is 24.5 Å². The number of fused-ring (bicyclic) bond motifs is 2. The highest BCUT2D eigenvalue weighted by atomic mass is 31.2. The molecule has 3 N–H and O–H groups in total. The smallest absolute Gasteiger partial charge is 0.360 e. The van der Waals surface area contributed by atoms with Crippen LogP contribution >= 0.6 is 7.14 Å². The molecule has 3 atom stereocenters. The quantitative estimate of drug-likeness (QED) is 0.473. The lowest BCUT2D eigenvalue weighted by Gasteiger charge is -2.21. The first-order valence-electron chi connectivity index (χ1n) is 11.1. The molecule has 1 aliphatic heterocycles. The lowest BCUT2D eigenvalue weighted by molar-refractivity contribution is -0.137. The molecule has 11 heteroatoms. The van der Waals surface area contributed by atoms with E-state index < -0.39 is 18.9 Å². The molecule has 7 nitrogen and oxygen atoms in total. The van der Waals surface area contributed by atoms with Gasteiger partial charge in [0.1, 0.15) is 12.7 Å². The molecule has 2 fully saturated rings. The van der Waals surface area contributed by atoms with E-state index in [0.717, 1.165) is 32.0 Å². The molecule has 0 radical (unpaired) electrons. The first-order chi connectivity index (χ1) is 16.1. The normalized spacial score (nSPS) is 22.6. The zero-order valence-electron chi connectivity index (χ0n) is 18.7. The topological polar surface area (TPSA) is 106 Å². The number of nitriles is 1. The van der Waals surface area contributed by atoms with Gasteiger partial charge in [0, 0.05) is 35.4 Å². The van der Waals surface area contributed by atoms with Gasteiger partial charge < -0.3 is 20.2 Å². The van der Waals surface area contributed by atoms with Gasteiger partial charge in [0.05, 0.1) is 28.1 Å². The highest BCUT2D eigenvalue weighted by Gasteiger charge is 2.40. The number of aromatic amines is 1. The van der Waals surface area contributed by atoms with Crippen molar-refractivity contribution >= 4 is 29.3 Å². The third-order valence-corrected chi connectivity index (χ3v) is 8.38. The summed E-state index contributed by atoms with van der Waals surface area (Å²) in [5, 5.41) is 16.9. The average Bonchev–Trinajstić information content (AvgIpc) is 3.48. The van der Waals surface area contributed by atoms with E-state index in [4.69, 9.17) is 0 Å². The number of H-pyrrole nitrogens is 1. The van der Waals surface area contributed by atoms with Crippen LogP contribution in [-0.2, 0) is 10.7 Å². The fourth-order valence-corrected chi connectivity index (χ4v) is 6.80. The number of hydrogen-bond acceptors (Lipinski definition) is 6. The lowest BCUT2D eigenvalue weighted by atomic mass is 10.0. The Hall–Kier alpha value is -2.89. The molecule has 3 aromatic rings. The number of rotatable bonds is 4. The Labute approximate surface area is 194 Å². The van der Waals surface area contributed by atoms with Gasteiger partial charge in [0.2, 0.25) is 5.95 Å². The molecular formula is C23H24F3N6OP. The highest BCUT2D eigenvalue weighted by Crippen LogP contribution is 2.43. The largest absolute Gasteiger partial charge is 0.419 e. The molecule has 1 saturated carbocycles. The van der Waals surface area contributed by atoms with Crippen LogP contribution in [-0.4, -0.2) is 46.9 Å². The molecule has 0 amide bonds. The first kappa shape index (κ1) is 22.9. The van der Waals surface area contributed by atoms with Gasteiger partial charge in [0.25, 0.3) is 0 Å². The molecule has 1 unspecified atom stereocenters. The van der Waals surface area contributed by atoms with E-state index in [1.807, 2.05) is 6.07 Å². The Morgan fingerprint density at radius 3 is 2.74 bits per heavy atom. The number of hydrogen-bond donors (Lipinski definition) is 3. The summed E-state index contributed by atoms with van der Waals surface area (Å²) in [5.74, 6) is 0.703. The Kier molecular flexibility index (Phi) is 5.45. The van der Waals surface area contributed by atoms with E-state index >= 15 is 0 Å². The molecule has 0 bridgehead atoms. The van der Waals surface area contributed by atoms with Crippen molar-refractivity contribution < 1.29 is 17.7 Å². The number of halogens is 3. The minimum absolute atomic E-state index is 0.0518. The van der Waals surface area contributed by atoms with E-state index in [9.17, 15) is 23.0 Å². The second kappa shape index (κ2) is 8.10. The molecule has 34 heavy (non-hydrogen) atoms. The van der Waals surface area contributed by atoms with Crippen LogP contribution in [0, 0.1) is 17.2 Å². The van der Waals surface area contributed by atoms with Crippen molar-refractivity contribution in [3.05, 3.63) is 35.7 Å². The molecule has 1 aliphatic carbocycles. The molecule has 178 valence electrons. The summed E-state index contributed by atoms with van der Waals surface area (Å²) in [6.45, 7) is 4.00. The minimum atomic E-state index is -4.66. The van der Waals surface area contributed by atoms with Crippen LogP contribution in [0.25, 0.3) is 22.2 Å². The average molecular weight is 488 g/mol. The van der Waals surface area contributed by atoms with Gasteiger partial charge in [-0.25, -0.2) is 9.97 Å². The first-order valence-corrected chi connectivity index (χ1v) is 13.7. The number of alkyl halides is 3. The monoisotopic (exact) mass is 488 g/mol. The summed E-state index contributed by atoms with van der Waals surface area (Å²) in [6, 6.07) is 5.41. The van der Waals surface area contributed by atoms with Gasteiger partial charge in [-0.3, -0.25) is 0 Å². The molecule has 1 saturated heterocycles. The summed E-state index contributed by atoms with van der Waals surface area (Å²) in [6.07, 6.45) is 0.636. The van der Waals surface area contributed by atoms with Crippen molar-refractivity contribution in [1.82, 2.24) is 20.3 Å². The van der Waals surface area contributed by atoms with Crippen LogP contribution in [0.5, 0.6) is 0 Å². The molecule has 1 aromatic carbocycles. The molecule has 2 aliphatic rings. The van der Waals surface area contributed by atoms with Gasteiger partial charge in [-0.15, -0.1) is 0 Å². The van der Waals surface area contributed by atoms with Crippen molar-refractivity contribution in [3.8, 4) is 17.3 Å². The van der Waals surface area contributed by atoms with Crippen LogP contribution in [0.2, 0.25) is 0 Å². The van der Waals surface area contributed by atoms with Crippen molar-refractivity contribution in [2.24, 2.45) is 5.92 Å². The fourth-order valence-electron chi connectivity index (χ4n) is 5.37. The maximum atomic E-state index is 13.9. The number of nitrogens with one attached hydrogen (secondary N) is 3. The maximum Gasteiger partial charge on any atom is 0.419 e. The van der Waals surface area contributed by atoms with Gasteiger partial charge in [-0.05, 0) is 51.1 Å². The van der Waals surface area contributed by atoms with E-state index in [2.05, 4.69) is 25.6 Å². The zero-order valence-corrected chi connectivity index (χ0v) is 19.6. The van der Waals surface area contributed by atoms with Crippen LogP contribution in [0.1, 0.15) is 30.4 Å². The third-order valence-electron chi connectivity index (χ3n) is 6.84. The van der Waals surface area contributed by atoms with Gasteiger partial charge in [-0.1, -0.05) is 6.07 Å². The summed E-state index contributed by atoms with van der Waals surface area (Å²) in [7, 11) is -2.91. The lowest BCUT2D eigenvalue weighted by Crippen LogP contribution is -2.39. The highest BCUT2D eigenvalue weighted by molar-refractivity contribution is 7.70. The third kappa shape index (κ3) is 3.87. The fraction of sp³-hybridized carbons (Fsp3) is 0.435. The summed E-state index contributed by atoms with van der Waals surface area (Å²) in [5.41, 5.74) is -0.380. The van der Waals surface area contributed by atoms with E-state index in [1.54, 1.807) is 6.07 Å². The summed E-state index contributed by atoms with van der Waals surface area (Å²) in [4.78, 5) is 11.3. The van der Waals surface area contributed by atoms with Crippen molar-refractivity contribution in [3.63, 3.8) is 0 Å². The Balaban J connectivity index is 1.63. The van der Waals surface area contributed by atoms with Gasteiger partial charge in [-0.2, -0.15) is 18.4 Å². The van der Waals surface area contributed by atoms with Crippen LogP contribution < -0.4 is 15.9 Å². The number of benzene rings is 1. The maximum absolute atomic E-state index is 13.9. The summed E-state index contributed by atoms with van der Waals surface area (Å²) < 4.78 is 54.7. The predicted molar refractivity (Wildman–Crippen MR) is 125 cm³/mol. The Morgan fingerprint density at radius 2 is 2.03 bits per heavy atom. The van der Waals surface area contributed by atoms with E-state index in [1.165, 1.54) is 25.6 Å². The Morgan fingerprint density at radius 1 is 1.24 bits per heavy atom. The Bertz CT molecular complexity index is 1360. The molecular weight excluding hydrogens is 464 g/mol. The standard InChI is InChI=1S/C23H24F3N6OP/c1-34(2,33)21-13(9-27)3-5-14-15(10-29-20(14)21)19-16(23(24,25)26)11-30-22(32-19)31-17-6-4-12-7-8-28-18(12)17/h3,5,10-12,17-18,28-29H,4,6-8H2,1-2H3,(H,30,31,32)/t12?,17-,18-/m0/s1.